The fourth-order valence-corrected chi connectivity index (χ4v) is 1.93. The molecule has 0 aliphatic carbocycles. The van der Waals surface area contributed by atoms with Gasteiger partial charge in [0.15, 0.2) is 0 Å². The SMILES string of the molecule is CCNC(CCCC(C)C)CC(C)C. The van der Waals surface area contributed by atoms with Gasteiger partial charge in [-0.05, 0) is 31.2 Å². The molecule has 1 N–H and O–H groups in total. The molecule has 1 nitrogen and oxygen atoms in total. The van der Waals surface area contributed by atoms with Gasteiger partial charge < -0.3 is 5.32 Å². The van der Waals surface area contributed by atoms with E-state index in [0.29, 0.717) is 0 Å². The third-order valence-corrected chi connectivity index (χ3v) is 2.58. The molecular weight excluding hydrogens is 170 g/mol. The van der Waals surface area contributed by atoms with Crippen molar-refractivity contribution < 1.29 is 0 Å². The first kappa shape index (κ1) is 14.0. The van der Waals surface area contributed by atoms with Gasteiger partial charge in [-0.25, -0.2) is 0 Å². The first-order valence-electron chi connectivity index (χ1n) is 6.29. The van der Waals surface area contributed by atoms with E-state index < -0.39 is 0 Å². The predicted molar refractivity (Wildman–Crippen MR) is 65.6 cm³/mol. The summed E-state index contributed by atoms with van der Waals surface area (Å²) in [6.45, 7) is 12.6. The molecule has 0 saturated heterocycles. The van der Waals surface area contributed by atoms with Gasteiger partial charge in [-0.2, -0.15) is 0 Å². The minimum atomic E-state index is 0.749. The third-order valence-electron chi connectivity index (χ3n) is 2.58. The van der Waals surface area contributed by atoms with E-state index >= 15 is 0 Å². The monoisotopic (exact) mass is 199 g/mol. The number of rotatable bonds is 8. The summed E-state index contributed by atoms with van der Waals surface area (Å²) in [5.74, 6) is 1.68. The number of hydrogen-bond donors (Lipinski definition) is 1. The van der Waals surface area contributed by atoms with E-state index in [9.17, 15) is 0 Å². The van der Waals surface area contributed by atoms with Crippen LogP contribution in [-0.4, -0.2) is 12.6 Å². The van der Waals surface area contributed by atoms with Gasteiger partial charge in [-0.1, -0.05) is 47.5 Å². The average molecular weight is 199 g/mol. The summed E-state index contributed by atoms with van der Waals surface area (Å²) < 4.78 is 0. The first-order chi connectivity index (χ1) is 6.56. The lowest BCUT2D eigenvalue weighted by Gasteiger charge is -2.20. The quantitative estimate of drug-likeness (QED) is 0.626. The van der Waals surface area contributed by atoms with Crippen LogP contribution >= 0.6 is 0 Å². The van der Waals surface area contributed by atoms with Crippen LogP contribution in [0.25, 0.3) is 0 Å². The van der Waals surface area contributed by atoms with E-state index in [2.05, 4.69) is 39.9 Å². The maximum Gasteiger partial charge on any atom is 0.00693 e. The molecule has 14 heavy (non-hydrogen) atoms. The van der Waals surface area contributed by atoms with Gasteiger partial charge in [0.05, 0.1) is 0 Å². The Morgan fingerprint density at radius 3 is 2.00 bits per heavy atom. The second-order valence-corrected chi connectivity index (χ2v) is 5.21. The normalized spacial score (nSPS) is 13.9. The van der Waals surface area contributed by atoms with Crippen molar-refractivity contribution in [3.8, 4) is 0 Å². The molecule has 1 atom stereocenters. The third kappa shape index (κ3) is 8.55. The Labute approximate surface area is 90.7 Å². The lowest BCUT2D eigenvalue weighted by atomic mass is 9.97. The van der Waals surface area contributed by atoms with Crippen molar-refractivity contribution in [3.05, 3.63) is 0 Å². The topological polar surface area (TPSA) is 12.0 Å². The van der Waals surface area contributed by atoms with Gasteiger partial charge >= 0.3 is 0 Å². The molecule has 1 heteroatoms. The zero-order valence-corrected chi connectivity index (χ0v) is 10.8. The van der Waals surface area contributed by atoms with E-state index in [-0.39, 0.29) is 0 Å². The second-order valence-electron chi connectivity index (χ2n) is 5.21. The molecule has 0 heterocycles. The summed E-state index contributed by atoms with van der Waals surface area (Å²) in [4.78, 5) is 0. The molecule has 86 valence electrons. The Morgan fingerprint density at radius 2 is 1.57 bits per heavy atom. The smallest absolute Gasteiger partial charge is 0.00693 e. The van der Waals surface area contributed by atoms with Crippen molar-refractivity contribution in [1.29, 1.82) is 0 Å². The fourth-order valence-electron chi connectivity index (χ4n) is 1.93. The van der Waals surface area contributed by atoms with Gasteiger partial charge in [-0.15, -0.1) is 0 Å². The highest BCUT2D eigenvalue weighted by atomic mass is 14.9. The van der Waals surface area contributed by atoms with Gasteiger partial charge in [0, 0.05) is 6.04 Å². The molecule has 0 aromatic carbocycles. The molecule has 0 aliphatic rings. The van der Waals surface area contributed by atoms with E-state index in [0.717, 1.165) is 24.4 Å². The Morgan fingerprint density at radius 1 is 0.929 bits per heavy atom. The van der Waals surface area contributed by atoms with Crippen LogP contribution in [0, 0.1) is 11.8 Å². The summed E-state index contributed by atoms with van der Waals surface area (Å²) in [5, 5.41) is 3.59. The molecule has 0 aromatic rings. The molecule has 0 aromatic heterocycles. The van der Waals surface area contributed by atoms with E-state index in [4.69, 9.17) is 0 Å². The first-order valence-corrected chi connectivity index (χ1v) is 6.29. The summed E-state index contributed by atoms with van der Waals surface area (Å²) in [6.07, 6.45) is 5.43. The minimum Gasteiger partial charge on any atom is -0.314 e. The lowest BCUT2D eigenvalue weighted by molar-refractivity contribution is 0.383. The van der Waals surface area contributed by atoms with E-state index in [1.165, 1.54) is 25.7 Å². The molecule has 0 rings (SSSR count). The van der Waals surface area contributed by atoms with Crippen LogP contribution in [0.5, 0.6) is 0 Å². The summed E-state index contributed by atoms with van der Waals surface area (Å²) in [7, 11) is 0. The zero-order chi connectivity index (χ0) is 11.0. The molecule has 0 spiro atoms. The maximum atomic E-state index is 3.59. The zero-order valence-electron chi connectivity index (χ0n) is 10.8. The number of hydrogen-bond acceptors (Lipinski definition) is 1. The van der Waals surface area contributed by atoms with Crippen molar-refractivity contribution in [3.63, 3.8) is 0 Å². The van der Waals surface area contributed by atoms with Crippen LogP contribution in [0.15, 0.2) is 0 Å². The molecule has 0 aliphatic heterocycles. The van der Waals surface area contributed by atoms with Crippen molar-refractivity contribution in [2.24, 2.45) is 11.8 Å². The summed E-state index contributed by atoms with van der Waals surface area (Å²) in [5.41, 5.74) is 0. The molecular formula is C13H29N. The van der Waals surface area contributed by atoms with Crippen LogP contribution in [0.2, 0.25) is 0 Å². The Kier molecular flexibility index (Phi) is 8.26. The van der Waals surface area contributed by atoms with Crippen LogP contribution in [0.3, 0.4) is 0 Å². The molecule has 0 radical (unpaired) electrons. The second kappa shape index (κ2) is 8.28. The predicted octanol–water partition coefficient (Wildman–Crippen LogP) is 3.84. The highest BCUT2D eigenvalue weighted by Gasteiger charge is 2.09. The minimum absolute atomic E-state index is 0.749. The average Bonchev–Trinajstić information content (AvgIpc) is 2.02. The highest BCUT2D eigenvalue weighted by molar-refractivity contribution is 4.68. The fraction of sp³-hybridized carbons (Fsp3) is 1.00. The summed E-state index contributed by atoms with van der Waals surface area (Å²) >= 11 is 0. The van der Waals surface area contributed by atoms with Crippen LogP contribution in [-0.2, 0) is 0 Å². The molecule has 0 fully saturated rings. The van der Waals surface area contributed by atoms with Gasteiger partial charge in [0.2, 0.25) is 0 Å². The van der Waals surface area contributed by atoms with Crippen LogP contribution in [0.4, 0.5) is 0 Å². The highest BCUT2D eigenvalue weighted by Crippen LogP contribution is 2.13. The van der Waals surface area contributed by atoms with Gasteiger partial charge in [0.1, 0.15) is 0 Å². The van der Waals surface area contributed by atoms with E-state index in [1.54, 1.807) is 0 Å². The standard InChI is InChI=1S/C13H29N/c1-6-14-13(10-12(4)5)9-7-8-11(2)3/h11-14H,6-10H2,1-5H3. The van der Waals surface area contributed by atoms with Crippen molar-refractivity contribution >= 4 is 0 Å². The maximum absolute atomic E-state index is 3.59. The Balaban J connectivity index is 3.61. The van der Waals surface area contributed by atoms with Crippen molar-refractivity contribution in [2.45, 2.75) is 66.3 Å². The Hall–Kier alpha value is -0.0400. The van der Waals surface area contributed by atoms with Crippen molar-refractivity contribution in [2.75, 3.05) is 6.54 Å². The Bertz CT molecular complexity index is 118. The lowest BCUT2D eigenvalue weighted by Crippen LogP contribution is -2.30. The van der Waals surface area contributed by atoms with Crippen LogP contribution < -0.4 is 5.32 Å². The van der Waals surface area contributed by atoms with E-state index in [1.807, 2.05) is 0 Å². The largest absolute Gasteiger partial charge is 0.314 e. The molecule has 0 bridgehead atoms. The van der Waals surface area contributed by atoms with Gasteiger partial charge in [-0.3, -0.25) is 0 Å². The van der Waals surface area contributed by atoms with Crippen molar-refractivity contribution in [1.82, 2.24) is 5.32 Å². The number of nitrogens with one attached hydrogen (secondary N) is 1. The van der Waals surface area contributed by atoms with Gasteiger partial charge in [0.25, 0.3) is 0 Å². The molecule has 0 saturated carbocycles. The molecule has 0 amide bonds. The molecule has 1 unspecified atom stereocenters. The summed E-state index contributed by atoms with van der Waals surface area (Å²) in [6, 6.07) is 0.749. The van der Waals surface area contributed by atoms with Crippen LogP contribution in [0.1, 0.15) is 60.3 Å².